The van der Waals surface area contributed by atoms with E-state index in [4.69, 9.17) is 5.11 Å². The van der Waals surface area contributed by atoms with Gasteiger partial charge in [-0.2, -0.15) is 0 Å². The maximum absolute atomic E-state index is 10.3. The van der Waals surface area contributed by atoms with Crippen molar-refractivity contribution < 1.29 is 31.4 Å². The van der Waals surface area contributed by atoms with Crippen molar-refractivity contribution in [1.29, 1.82) is 0 Å². The molecule has 1 unspecified atom stereocenters. The molecule has 0 saturated heterocycles. The van der Waals surface area contributed by atoms with E-state index in [0.29, 0.717) is 11.0 Å². The average Bonchev–Trinajstić information content (AvgIpc) is 1.60. The summed E-state index contributed by atoms with van der Waals surface area (Å²) >= 11 is 3.06. The summed E-state index contributed by atoms with van der Waals surface area (Å²) < 4.78 is 0.655. The largest absolute Gasteiger partial charge is 1.00 e. The summed E-state index contributed by atoms with van der Waals surface area (Å²) in [4.78, 5) is 9.88. The number of carboxylic acid groups (broad SMARTS) is 1. The van der Waals surface area contributed by atoms with Crippen molar-refractivity contribution in [2.75, 3.05) is 27.7 Å². The van der Waals surface area contributed by atoms with E-state index in [9.17, 15) is 4.79 Å². The fraction of sp³-hybridized carbons (Fsp3) is 0.833. The number of quaternary nitrogens is 1. The summed E-state index contributed by atoms with van der Waals surface area (Å²) in [6.07, 6.45) is 0. The van der Waals surface area contributed by atoms with Crippen molar-refractivity contribution in [3.8, 4) is 0 Å². The van der Waals surface area contributed by atoms with Crippen molar-refractivity contribution in [1.82, 2.24) is 0 Å². The summed E-state index contributed by atoms with van der Waals surface area (Å²) in [7, 11) is 5.87. The highest BCUT2D eigenvalue weighted by atomic mass is 79.9. The molecule has 3 nitrogen and oxygen atoms in total. The highest BCUT2D eigenvalue weighted by Crippen LogP contribution is 2.04. The molecule has 0 radical (unpaired) electrons. The molecule has 0 rings (SSSR count). The van der Waals surface area contributed by atoms with Gasteiger partial charge in [-0.3, -0.25) is 4.79 Å². The van der Waals surface area contributed by atoms with Gasteiger partial charge >= 0.3 is 5.97 Å². The SMILES string of the molecule is C[N+](C)(C)CC(Br)C(=O)O.[Br-]. The first kappa shape index (κ1) is 13.9. The summed E-state index contributed by atoms with van der Waals surface area (Å²) in [5.74, 6) is -0.798. The van der Waals surface area contributed by atoms with Gasteiger partial charge in [0.05, 0.1) is 21.1 Å². The molecule has 0 aromatic carbocycles. The zero-order valence-electron chi connectivity index (χ0n) is 6.84. The van der Waals surface area contributed by atoms with Crippen LogP contribution in [0.15, 0.2) is 0 Å². The molecular formula is C6H13Br2NO2. The number of nitrogens with zero attached hydrogens (tertiary/aromatic N) is 1. The van der Waals surface area contributed by atoms with Crippen molar-refractivity contribution >= 4 is 21.9 Å². The maximum atomic E-state index is 10.3. The lowest BCUT2D eigenvalue weighted by atomic mass is 10.4. The van der Waals surface area contributed by atoms with Crippen LogP contribution in [-0.2, 0) is 4.79 Å². The number of hydrogen-bond donors (Lipinski definition) is 1. The third kappa shape index (κ3) is 8.29. The van der Waals surface area contributed by atoms with Crippen LogP contribution >= 0.6 is 15.9 Å². The normalized spacial score (nSPS) is 13.5. The second-order valence-electron chi connectivity index (χ2n) is 3.28. The van der Waals surface area contributed by atoms with Crippen LogP contribution in [0.5, 0.6) is 0 Å². The molecule has 11 heavy (non-hydrogen) atoms. The summed E-state index contributed by atoms with van der Waals surface area (Å²) in [6, 6.07) is 0. The summed E-state index contributed by atoms with van der Waals surface area (Å²) in [5.41, 5.74) is 0. The molecule has 0 saturated carbocycles. The Kier molecular flexibility index (Phi) is 6.48. The van der Waals surface area contributed by atoms with Crippen LogP contribution in [0.1, 0.15) is 0 Å². The minimum absolute atomic E-state index is 0. The van der Waals surface area contributed by atoms with Crippen LogP contribution in [-0.4, -0.2) is 48.1 Å². The van der Waals surface area contributed by atoms with Gasteiger partial charge in [0.1, 0.15) is 6.54 Å². The number of aliphatic carboxylic acids is 1. The fourth-order valence-electron chi connectivity index (χ4n) is 0.559. The molecule has 0 aliphatic carbocycles. The van der Waals surface area contributed by atoms with Gasteiger partial charge in [-0.1, -0.05) is 15.9 Å². The first-order valence-electron chi connectivity index (χ1n) is 3.00. The number of halogens is 2. The van der Waals surface area contributed by atoms with Gasteiger partial charge in [-0.25, -0.2) is 0 Å². The molecule has 0 aliphatic rings. The second-order valence-corrected chi connectivity index (χ2v) is 4.38. The number of rotatable bonds is 3. The predicted octanol–water partition coefficient (Wildman–Crippen LogP) is -2.46. The fourth-order valence-corrected chi connectivity index (χ4v) is 1.43. The molecule has 1 atom stereocenters. The quantitative estimate of drug-likeness (QED) is 0.463. The molecule has 0 amide bonds. The Morgan fingerprint density at radius 3 is 2.00 bits per heavy atom. The van der Waals surface area contributed by atoms with Crippen molar-refractivity contribution in [3.05, 3.63) is 0 Å². The van der Waals surface area contributed by atoms with Crippen LogP contribution in [0.2, 0.25) is 0 Å². The summed E-state index contributed by atoms with van der Waals surface area (Å²) in [5, 5.41) is 8.49. The average molecular weight is 291 g/mol. The third-order valence-electron chi connectivity index (χ3n) is 0.976. The Labute approximate surface area is 85.9 Å². The minimum atomic E-state index is -0.798. The monoisotopic (exact) mass is 289 g/mol. The Hall–Kier alpha value is 0.390. The van der Waals surface area contributed by atoms with Gasteiger partial charge in [0.25, 0.3) is 0 Å². The first-order chi connectivity index (χ1) is 4.33. The van der Waals surface area contributed by atoms with Crippen molar-refractivity contribution in [2.24, 2.45) is 0 Å². The Morgan fingerprint density at radius 1 is 1.55 bits per heavy atom. The minimum Gasteiger partial charge on any atom is -1.00 e. The molecule has 0 heterocycles. The zero-order valence-corrected chi connectivity index (χ0v) is 10.0. The molecule has 1 N–H and O–H groups in total. The maximum Gasteiger partial charge on any atom is 0.323 e. The summed E-state index contributed by atoms with van der Waals surface area (Å²) in [6.45, 7) is 0.593. The van der Waals surface area contributed by atoms with Crippen molar-refractivity contribution in [3.63, 3.8) is 0 Å². The van der Waals surface area contributed by atoms with E-state index < -0.39 is 10.8 Å². The smallest absolute Gasteiger partial charge is 0.323 e. The molecule has 0 bridgehead atoms. The van der Waals surface area contributed by atoms with Gasteiger partial charge in [-0.15, -0.1) is 0 Å². The molecule has 0 aromatic rings. The van der Waals surface area contributed by atoms with Gasteiger partial charge < -0.3 is 26.6 Å². The van der Waals surface area contributed by atoms with E-state index in [-0.39, 0.29) is 17.0 Å². The highest BCUT2D eigenvalue weighted by molar-refractivity contribution is 9.10. The molecule has 0 aliphatic heterocycles. The van der Waals surface area contributed by atoms with E-state index in [0.717, 1.165) is 0 Å². The lowest BCUT2D eigenvalue weighted by Gasteiger charge is -2.24. The molecular weight excluding hydrogens is 278 g/mol. The highest BCUT2D eigenvalue weighted by Gasteiger charge is 2.20. The predicted molar refractivity (Wildman–Crippen MR) is 43.3 cm³/mol. The van der Waals surface area contributed by atoms with E-state index in [1.165, 1.54) is 0 Å². The second kappa shape index (κ2) is 5.11. The van der Waals surface area contributed by atoms with Crippen LogP contribution in [0.3, 0.4) is 0 Å². The van der Waals surface area contributed by atoms with E-state index in [2.05, 4.69) is 15.9 Å². The van der Waals surface area contributed by atoms with Crippen LogP contribution in [0, 0.1) is 0 Å². The van der Waals surface area contributed by atoms with Crippen LogP contribution < -0.4 is 17.0 Å². The van der Waals surface area contributed by atoms with E-state index in [1.54, 1.807) is 0 Å². The topological polar surface area (TPSA) is 37.3 Å². The van der Waals surface area contributed by atoms with Gasteiger partial charge in [0, 0.05) is 0 Å². The van der Waals surface area contributed by atoms with Crippen molar-refractivity contribution in [2.45, 2.75) is 4.83 Å². The molecule has 68 valence electrons. The van der Waals surface area contributed by atoms with Gasteiger partial charge in [0.2, 0.25) is 0 Å². The Balaban J connectivity index is 0. The standard InChI is InChI=1S/C6H12BrNO2.BrH/c1-8(2,3)4-5(7)6(9)10;/h5H,4H2,1-3H3;1H. The Bertz CT molecular complexity index is 133. The number of alkyl halides is 1. The third-order valence-corrected chi connectivity index (χ3v) is 1.66. The molecule has 0 spiro atoms. The van der Waals surface area contributed by atoms with Crippen LogP contribution in [0.25, 0.3) is 0 Å². The van der Waals surface area contributed by atoms with E-state index >= 15 is 0 Å². The lowest BCUT2D eigenvalue weighted by Crippen LogP contribution is -3.00. The van der Waals surface area contributed by atoms with Crippen LogP contribution in [0.4, 0.5) is 0 Å². The molecule has 0 aromatic heterocycles. The molecule has 5 heteroatoms. The number of hydrogen-bond acceptors (Lipinski definition) is 1. The number of carbonyl (C=O) groups is 1. The first-order valence-corrected chi connectivity index (χ1v) is 3.92. The number of carboxylic acids is 1. The van der Waals surface area contributed by atoms with Gasteiger partial charge in [0.15, 0.2) is 4.83 Å². The van der Waals surface area contributed by atoms with Gasteiger partial charge in [-0.05, 0) is 0 Å². The molecule has 0 fully saturated rings. The Morgan fingerprint density at radius 2 is 1.91 bits per heavy atom. The lowest BCUT2D eigenvalue weighted by molar-refractivity contribution is -0.868. The van der Waals surface area contributed by atoms with E-state index in [1.807, 2.05) is 21.1 Å². The zero-order chi connectivity index (χ0) is 8.36.